The summed E-state index contributed by atoms with van der Waals surface area (Å²) in [4.78, 5) is 26.1. The number of aryl methyl sites for hydroxylation is 1. The van der Waals surface area contributed by atoms with Crippen LogP contribution in [0, 0.1) is 0 Å². The fourth-order valence-electron chi connectivity index (χ4n) is 3.11. The fraction of sp³-hybridized carbons (Fsp3) is 0.263. The van der Waals surface area contributed by atoms with E-state index in [1.165, 1.54) is 25.1 Å². The maximum Gasteiger partial charge on any atom is 0.257 e. The minimum atomic E-state index is -3.45. The highest BCUT2D eigenvalue weighted by atomic mass is 35.5. The number of halogens is 1. The second kappa shape index (κ2) is 7.32. The zero-order valence-electron chi connectivity index (χ0n) is 15.0. The summed E-state index contributed by atoms with van der Waals surface area (Å²) in [6.45, 7) is 2.21. The van der Waals surface area contributed by atoms with Crippen molar-refractivity contribution in [1.29, 1.82) is 0 Å². The van der Waals surface area contributed by atoms with Gasteiger partial charge in [-0.25, -0.2) is 8.42 Å². The average molecular weight is 407 g/mol. The predicted molar refractivity (Wildman–Crippen MR) is 105 cm³/mol. The normalized spacial score (nSPS) is 13.8. The van der Waals surface area contributed by atoms with Crippen molar-refractivity contribution < 1.29 is 18.0 Å². The maximum atomic E-state index is 12.6. The largest absolute Gasteiger partial charge is 0.322 e. The second-order valence-corrected chi connectivity index (χ2v) is 8.91. The molecule has 27 heavy (non-hydrogen) atoms. The molecular weight excluding hydrogens is 388 g/mol. The number of anilines is 2. The van der Waals surface area contributed by atoms with E-state index in [4.69, 9.17) is 11.6 Å². The summed E-state index contributed by atoms with van der Waals surface area (Å²) in [6, 6.07) is 9.38. The van der Waals surface area contributed by atoms with Crippen LogP contribution in [0.25, 0.3) is 0 Å². The molecule has 142 valence electrons. The van der Waals surface area contributed by atoms with Crippen molar-refractivity contribution >= 4 is 44.6 Å². The second-order valence-electron chi connectivity index (χ2n) is 6.49. The summed E-state index contributed by atoms with van der Waals surface area (Å²) in [5.74, 6) is -0.512. The van der Waals surface area contributed by atoms with E-state index in [-0.39, 0.29) is 21.4 Å². The third-order valence-electron chi connectivity index (χ3n) is 4.45. The van der Waals surface area contributed by atoms with Gasteiger partial charge in [-0.05, 0) is 54.8 Å². The maximum absolute atomic E-state index is 12.6. The number of carbonyl (C=O) groups excluding carboxylic acids is 2. The highest BCUT2D eigenvalue weighted by Gasteiger charge is 2.21. The number of benzene rings is 2. The quantitative estimate of drug-likeness (QED) is 0.847. The lowest BCUT2D eigenvalue weighted by Gasteiger charge is -2.29. The Bertz CT molecular complexity index is 1030. The first-order valence-electron chi connectivity index (χ1n) is 8.39. The van der Waals surface area contributed by atoms with E-state index in [9.17, 15) is 18.0 Å². The van der Waals surface area contributed by atoms with Crippen LogP contribution < -0.4 is 10.2 Å². The monoisotopic (exact) mass is 406 g/mol. The smallest absolute Gasteiger partial charge is 0.257 e. The molecule has 0 spiro atoms. The number of carbonyl (C=O) groups is 2. The molecule has 0 fully saturated rings. The SMILES string of the molecule is CC(=O)N1CCCc2cc(NC(=O)c3cc(S(C)(=O)=O)ccc3Cl)ccc21. The molecule has 1 aliphatic heterocycles. The Labute approximate surface area is 163 Å². The van der Waals surface area contributed by atoms with Gasteiger partial charge in [0.15, 0.2) is 9.84 Å². The first kappa shape index (κ1) is 19.4. The number of hydrogen-bond donors (Lipinski definition) is 1. The molecule has 1 heterocycles. The molecule has 1 N–H and O–H groups in total. The van der Waals surface area contributed by atoms with Gasteiger partial charge in [-0.15, -0.1) is 0 Å². The predicted octanol–water partition coefficient (Wildman–Crippen LogP) is 3.29. The molecule has 0 unspecified atom stereocenters. The number of nitrogens with zero attached hydrogens (tertiary/aromatic N) is 1. The third kappa shape index (κ3) is 4.14. The van der Waals surface area contributed by atoms with E-state index in [0.29, 0.717) is 12.2 Å². The van der Waals surface area contributed by atoms with Gasteiger partial charge in [0.1, 0.15) is 0 Å². The Morgan fingerprint density at radius 1 is 1.15 bits per heavy atom. The molecule has 0 saturated heterocycles. The Hall–Kier alpha value is -2.38. The van der Waals surface area contributed by atoms with Gasteiger partial charge in [0.25, 0.3) is 5.91 Å². The number of hydrogen-bond acceptors (Lipinski definition) is 4. The van der Waals surface area contributed by atoms with Crippen LogP contribution in [0.2, 0.25) is 5.02 Å². The Kier molecular flexibility index (Phi) is 5.26. The topological polar surface area (TPSA) is 83.6 Å². The Morgan fingerprint density at radius 2 is 1.89 bits per heavy atom. The first-order valence-corrected chi connectivity index (χ1v) is 10.7. The van der Waals surface area contributed by atoms with E-state index in [1.54, 1.807) is 17.0 Å². The molecule has 3 rings (SSSR count). The zero-order valence-corrected chi connectivity index (χ0v) is 16.5. The molecule has 2 amide bonds. The van der Waals surface area contributed by atoms with Crippen molar-refractivity contribution in [3.8, 4) is 0 Å². The van der Waals surface area contributed by atoms with Crippen molar-refractivity contribution in [1.82, 2.24) is 0 Å². The molecule has 1 aliphatic rings. The van der Waals surface area contributed by atoms with Crippen LogP contribution in [-0.4, -0.2) is 33.0 Å². The summed E-state index contributed by atoms with van der Waals surface area (Å²) in [5.41, 5.74) is 2.47. The zero-order chi connectivity index (χ0) is 19.8. The lowest BCUT2D eigenvalue weighted by Crippen LogP contribution is -2.33. The Morgan fingerprint density at radius 3 is 2.56 bits per heavy atom. The van der Waals surface area contributed by atoms with Crippen LogP contribution >= 0.6 is 11.6 Å². The van der Waals surface area contributed by atoms with E-state index >= 15 is 0 Å². The molecule has 0 atom stereocenters. The van der Waals surface area contributed by atoms with Gasteiger partial charge in [0.2, 0.25) is 5.91 Å². The standard InChI is InChI=1S/C19H19ClN2O4S/c1-12(23)22-9-3-4-13-10-14(5-8-18(13)22)21-19(24)16-11-15(27(2,25)26)6-7-17(16)20/h5-8,10-11H,3-4,9H2,1-2H3,(H,21,24). The average Bonchev–Trinajstić information content (AvgIpc) is 2.60. The number of nitrogens with one attached hydrogen (secondary N) is 1. The van der Waals surface area contributed by atoms with Crippen molar-refractivity contribution in [2.75, 3.05) is 23.0 Å². The molecule has 0 aliphatic carbocycles. The fourth-order valence-corrected chi connectivity index (χ4v) is 3.96. The van der Waals surface area contributed by atoms with Crippen LogP contribution in [0.1, 0.15) is 29.3 Å². The van der Waals surface area contributed by atoms with E-state index in [0.717, 1.165) is 30.3 Å². The highest BCUT2D eigenvalue weighted by Crippen LogP contribution is 2.30. The van der Waals surface area contributed by atoms with E-state index in [1.807, 2.05) is 6.07 Å². The van der Waals surface area contributed by atoms with Gasteiger partial charge in [-0.3, -0.25) is 9.59 Å². The van der Waals surface area contributed by atoms with Crippen molar-refractivity contribution in [2.45, 2.75) is 24.7 Å². The van der Waals surface area contributed by atoms with Crippen molar-refractivity contribution in [3.63, 3.8) is 0 Å². The van der Waals surface area contributed by atoms with E-state index in [2.05, 4.69) is 5.32 Å². The summed E-state index contributed by atoms with van der Waals surface area (Å²) in [5, 5.41) is 2.92. The van der Waals surface area contributed by atoms with E-state index < -0.39 is 15.7 Å². The minimum Gasteiger partial charge on any atom is -0.322 e. The van der Waals surface area contributed by atoms with Crippen LogP contribution in [-0.2, 0) is 21.1 Å². The molecule has 0 saturated carbocycles. The highest BCUT2D eigenvalue weighted by molar-refractivity contribution is 7.90. The lowest BCUT2D eigenvalue weighted by molar-refractivity contribution is -0.116. The first-order chi connectivity index (χ1) is 12.7. The summed E-state index contributed by atoms with van der Waals surface area (Å²) in [7, 11) is -3.45. The third-order valence-corrected chi connectivity index (χ3v) is 5.89. The number of rotatable bonds is 3. The van der Waals surface area contributed by atoms with Gasteiger partial charge < -0.3 is 10.2 Å². The molecular formula is C19H19ClN2O4S. The minimum absolute atomic E-state index is 0.0166. The molecule has 2 aromatic carbocycles. The molecule has 0 bridgehead atoms. The van der Waals surface area contributed by atoms with Crippen molar-refractivity contribution in [2.24, 2.45) is 0 Å². The number of amides is 2. The number of sulfone groups is 1. The molecule has 6 nitrogen and oxygen atoms in total. The van der Waals surface area contributed by atoms with Crippen molar-refractivity contribution in [3.05, 3.63) is 52.5 Å². The summed E-state index contributed by atoms with van der Waals surface area (Å²) in [6.07, 6.45) is 2.74. The summed E-state index contributed by atoms with van der Waals surface area (Å²) >= 11 is 6.08. The lowest BCUT2D eigenvalue weighted by atomic mass is 10.0. The molecule has 0 radical (unpaired) electrons. The van der Waals surface area contributed by atoms with Crippen LogP contribution in [0.4, 0.5) is 11.4 Å². The van der Waals surface area contributed by atoms with Gasteiger partial charge >= 0.3 is 0 Å². The molecule has 2 aromatic rings. The van der Waals surface area contributed by atoms with Gasteiger partial charge in [0.05, 0.1) is 15.5 Å². The molecule has 8 heteroatoms. The molecule has 0 aromatic heterocycles. The van der Waals surface area contributed by atoms with Crippen LogP contribution in [0.3, 0.4) is 0 Å². The van der Waals surface area contributed by atoms with Crippen LogP contribution in [0.15, 0.2) is 41.3 Å². The number of fused-ring (bicyclic) bond motifs is 1. The van der Waals surface area contributed by atoms with Gasteiger partial charge in [-0.1, -0.05) is 11.6 Å². The van der Waals surface area contributed by atoms with Gasteiger partial charge in [-0.2, -0.15) is 0 Å². The van der Waals surface area contributed by atoms with Crippen LogP contribution in [0.5, 0.6) is 0 Å². The summed E-state index contributed by atoms with van der Waals surface area (Å²) < 4.78 is 23.4. The Balaban J connectivity index is 1.88. The van der Waals surface area contributed by atoms with Gasteiger partial charge in [0, 0.05) is 31.1 Å².